The highest BCUT2D eigenvalue weighted by atomic mass is 16.1. The molecule has 0 bridgehead atoms. The molecule has 0 saturated carbocycles. The number of hydrogen-bond donors (Lipinski definition) is 2. The van der Waals surface area contributed by atoms with Crippen LogP contribution in [0.2, 0.25) is 0 Å². The molecule has 0 aliphatic carbocycles. The van der Waals surface area contributed by atoms with Gasteiger partial charge in [0.1, 0.15) is 11.5 Å². The molecule has 0 spiro atoms. The lowest BCUT2D eigenvalue weighted by Crippen LogP contribution is -2.26. The summed E-state index contributed by atoms with van der Waals surface area (Å²) in [5, 5.41) is 6.17. The number of aromatic nitrogens is 2. The molecule has 0 atom stereocenters. The van der Waals surface area contributed by atoms with Crippen molar-refractivity contribution in [2.45, 2.75) is 27.2 Å². The van der Waals surface area contributed by atoms with Crippen LogP contribution >= 0.6 is 0 Å². The van der Waals surface area contributed by atoms with Gasteiger partial charge in [-0.2, -0.15) is 0 Å². The van der Waals surface area contributed by atoms with Crippen molar-refractivity contribution in [3.8, 4) is 0 Å². The number of carbonyl (C=O) groups excluding carboxylic acids is 1. The number of nitrogens with zero attached hydrogens (tertiary/aromatic N) is 2. The van der Waals surface area contributed by atoms with Crippen LogP contribution in [-0.4, -0.2) is 22.4 Å². The number of anilines is 2. The van der Waals surface area contributed by atoms with Crippen LogP contribution in [0.25, 0.3) is 0 Å². The Balaban J connectivity index is 1.59. The van der Waals surface area contributed by atoms with E-state index in [0.29, 0.717) is 18.1 Å². The summed E-state index contributed by atoms with van der Waals surface area (Å²) in [6, 6.07) is 14.3. The van der Waals surface area contributed by atoms with Crippen molar-refractivity contribution in [1.29, 1.82) is 0 Å². The third-order valence-electron chi connectivity index (χ3n) is 4.36. The first kappa shape index (κ1) is 18.6. The van der Waals surface area contributed by atoms with Crippen LogP contribution in [-0.2, 0) is 6.42 Å². The molecule has 0 aliphatic heterocycles. The fourth-order valence-electron chi connectivity index (χ4n) is 3.07. The second-order valence-corrected chi connectivity index (χ2v) is 6.68. The quantitative estimate of drug-likeness (QED) is 0.694. The van der Waals surface area contributed by atoms with E-state index in [1.54, 1.807) is 6.20 Å². The number of hydrogen-bond acceptors (Lipinski definition) is 4. The molecule has 0 fully saturated rings. The molecule has 138 valence electrons. The van der Waals surface area contributed by atoms with Gasteiger partial charge in [0.2, 0.25) is 0 Å². The van der Waals surface area contributed by atoms with Gasteiger partial charge in [-0.25, -0.2) is 9.97 Å². The minimum Gasteiger partial charge on any atom is -0.350 e. The standard InChI is InChI=1S/C22H24N4O/c1-15-11-16(2)21(17(3)12-15)26-20-14-24-19(13-25-20)22(27)23-10-9-18-7-5-4-6-8-18/h4-8,11-14H,9-10H2,1-3H3,(H,23,27)(H,25,26). The summed E-state index contributed by atoms with van der Waals surface area (Å²) < 4.78 is 0. The Labute approximate surface area is 159 Å². The summed E-state index contributed by atoms with van der Waals surface area (Å²) in [4.78, 5) is 20.8. The van der Waals surface area contributed by atoms with E-state index in [2.05, 4.69) is 53.5 Å². The number of carbonyl (C=O) groups is 1. The highest BCUT2D eigenvalue weighted by Crippen LogP contribution is 2.24. The summed E-state index contributed by atoms with van der Waals surface area (Å²) >= 11 is 0. The molecular weight excluding hydrogens is 336 g/mol. The van der Waals surface area contributed by atoms with Crippen molar-refractivity contribution in [2.24, 2.45) is 0 Å². The average molecular weight is 360 g/mol. The largest absolute Gasteiger partial charge is 0.350 e. The van der Waals surface area contributed by atoms with E-state index < -0.39 is 0 Å². The molecule has 3 aromatic rings. The zero-order valence-electron chi connectivity index (χ0n) is 15.9. The molecule has 5 nitrogen and oxygen atoms in total. The summed E-state index contributed by atoms with van der Waals surface area (Å²) in [5.41, 5.74) is 6.05. The van der Waals surface area contributed by atoms with Gasteiger partial charge in [-0.05, 0) is 43.9 Å². The van der Waals surface area contributed by atoms with Gasteiger partial charge in [-0.15, -0.1) is 0 Å². The second kappa shape index (κ2) is 8.45. The zero-order valence-corrected chi connectivity index (χ0v) is 15.9. The number of nitrogens with one attached hydrogen (secondary N) is 2. The van der Waals surface area contributed by atoms with Gasteiger partial charge >= 0.3 is 0 Å². The number of amides is 1. The minimum atomic E-state index is -0.215. The monoisotopic (exact) mass is 360 g/mol. The summed E-state index contributed by atoms with van der Waals surface area (Å²) in [6.45, 7) is 6.76. The Morgan fingerprint density at radius 3 is 2.30 bits per heavy atom. The highest BCUT2D eigenvalue weighted by molar-refractivity contribution is 5.92. The van der Waals surface area contributed by atoms with E-state index in [1.165, 1.54) is 17.3 Å². The molecule has 0 radical (unpaired) electrons. The van der Waals surface area contributed by atoms with E-state index in [-0.39, 0.29) is 5.91 Å². The first-order valence-corrected chi connectivity index (χ1v) is 9.02. The molecule has 1 heterocycles. The van der Waals surface area contributed by atoms with Crippen LogP contribution in [0.4, 0.5) is 11.5 Å². The van der Waals surface area contributed by atoms with Crippen LogP contribution in [0.5, 0.6) is 0 Å². The number of benzene rings is 2. The van der Waals surface area contributed by atoms with E-state index >= 15 is 0 Å². The molecule has 0 saturated heterocycles. The lowest BCUT2D eigenvalue weighted by atomic mass is 10.1. The molecule has 1 amide bonds. The predicted octanol–water partition coefficient (Wildman–Crippen LogP) is 4.12. The molecule has 5 heteroatoms. The van der Waals surface area contributed by atoms with E-state index in [9.17, 15) is 4.79 Å². The van der Waals surface area contributed by atoms with Crippen LogP contribution in [0.3, 0.4) is 0 Å². The minimum absolute atomic E-state index is 0.215. The van der Waals surface area contributed by atoms with Crippen molar-refractivity contribution in [3.63, 3.8) is 0 Å². The van der Waals surface area contributed by atoms with Gasteiger partial charge in [-0.1, -0.05) is 48.0 Å². The highest BCUT2D eigenvalue weighted by Gasteiger charge is 2.09. The maximum atomic E-state index is 12.2. The smallest absolute Gasteiger partial charge is 0.271 e. The molecule has 3 rings (SSSR count). The third kappa shape index (κ3) is 4.91. The summed E-state index contributed by atoms with van der Waals surface area (Å²) in [6.07, 6.45) is 3.87. The van der Waals surface area contributed by atoms with Gasteiger partial charge in [0.15, 0.2) is 0 Å². The topological polar surface area (TPSA) is 66.9 Å². The maximum Gasteiger partial charge on any atom is 0.271 e. The van der Waals surface area contributed by atoms with E-state index in [1.807, 2.05) is 30.3 Å². The molecular formula is C22H24N4O. The Morgan fingerprint density at radius 2 is 1.67 bits per heavy atom. The first-order valence-electron chi connectivity index (χ1n) is 9.02. The average Bonchev–Trinajstić information content (AvgIpc) is 2.66. The van der Waals surface area contributed by atoms with E-state index in [4.69, 9.17) is 0 Å². The van der Waals surface area contributed by atoms with Crippen molar-refractivity contribution in [2.75, 3.05) is 11.9 Å². The van der Waals surface area contributed by atoms with Crippen LogP contribution in [0.15, 0.2) is 54.9 Å². The zero-order chi connectivity index (χ0) is 19.2. The number of rotatable bonds is 6. The van der Waals surface area contributed by atoms with Crippen molar-refractivity contribution in [1.82, 2.24) is 15.3 Å². The summed E-state index contributed by atoms with van der Waals surface area (Å²) in [5.74, 6) is 0.401. The Morgan fingerprint density at radius 1 is 0.963 bits per heavy atom. The van der Waals surface area contributed by atoms with Crippen molar-refractivity contribution in [3.05, 3.63) is 82.8 Å². The lowest BCUT2D eigenvalue weighted by Gasteiger charge is -2.13. The predicted molar refractivity (Wildman–Crippen MR) is 108 cm³/mol. The van der Waals surface area contributed by atoms with Crippen LogP contribution < -0.4 is 10.6 Å². The first-order chi connectivity index (χ1) is 13.0. The molecule has 2 aromatic carbocycles. The summed E-state index contributed by atoms with van der Waals surface area (Å²) in [7, 11) is 0. The molecule has 2 N–H and O–H groups in total. The SMILES string of the molecule is Cc1cc(C)c(Nc2cnc(C(=O)NCCc3ccccc3)cn2)c(C)c1. The van der Waals surface area contributed by atoms with Crippen LogP contribution in [0.1, 0.15) is 32.7 Å². The normalized spacial score (nSPS) is 10.5. The van der Waals surface area contributed by atoms with Crippen molar-refractivity contribution >= 4 is 17.4 Å². The number of aryl methyl sites for hydroxylation is 3. The fraction of sp³-hybridized carbons (Fsp3) is 0.227. The Hall–Kier alpha value is -3.21. The Kier molecular flexibility index (Phi) is 5.81. The van der Waals surface area contributed by atoms with Crippen molar-refractivity contribution < 1.29 is 4.79 Å². The fourth-order valence-corrected chi connectivity index (χ4v) is 3.07. The molecule has 27 heavy (non-hydrogen) atoms. The second-order valence-electron chi connectivity index (χ2n) is 6.68. The molecule has 1 aromatic heterocycles. The van der Waals surface area contributed by atoms with Crippen LogP contribution in [0, 0.1) is 20.8 Å². The molecule has 0 unspecified atom stereocenters. The Bertz CT molecular complexity index is 898. The molecule has 0 aliphatic rings. The van der Waals surface area contributed by atoms with Gasteiger partial charge in [0.25, 0.3) is 5.91 Å². The maximum absolute atomic E-state index is 12.2. The van der Waals surface area contributed by atoms with Gasteiger partial charge in [-0.3, -0.25) is 4.79 Å². The van der Waals surface area contributed by atoms with E-state index in [0.717, 1.165) is 23.2 Å². The third-order valence-corrected chi connectivity index (χ3v) is 4.36. The van der Waals surface area contributed by atoms with Gasteiger partial charge in [0, 0.05) is 12.2 Å². The van der Waals surface area contributed by atoms with Gasteiger partial charge < -0.3 is 10.6 Å². The lowest BCUT2D eigenvalue weighted by molar-refractivity contribution is 0.0949. The van der Waals surface area contributed by atoms with Gasteiger partial charge in [0.05, 0.1) is 12.4 Å².